The zero-order chi connectivity index (χ0) is 27.5. The van der Waals surface area contributed by atoms with Crippen LogP contribution in [0.3, 0.4) is 0 Å². The Hall–Kier alpha value is -3.12. The molecule has 2 aromatic rings. The van der Waals surface area contributed by atoms with Crippen molar-refractivity contribution in [1.82, 2.24) is 0 Å². The second-order valence-electron chi connectivity index (χ2n) is 12.0. The zero-order valence-corrected chi connectivity index (χ0v) is 23.7. The third-order valence-corrected chi connectivity index (χ3v) is 9.52. The van der Waals surface area contributed by atoms with Crippen molar-refractivity contribution in [2.24, 2.45) is 11.3 Å². The van der Waals surface area contributed by atoms with Crippen LogP contribution in [0.1, 0.15) is 62.5 Å². The maximum absolute atomic E-state index is 14.0. The van der Waals surface area contributed by atoms with E-state index in [4.69, 9.17) is 9.47 Å². The number of anilines is 2. The summed E-state index contributed by atoms with van der Waals surface area (Å²) in [5.74, 6) is -0.187. The van der Waals surface area contributed by atoms with Gasteiger partial charge in [0.25, 0.3) is 0 Å². The first-order chi connectivity index (χ1) is 18.8. The Balaban J connectivity index is 1.37. The number of hydrogen-bond donors (Lipinski definition) is 0. The Kier molecular flexibility index (Phi) is 8.13. The smallest absolute Gasteiger partial charge is 0.330 e. The van der Waals surface area contributed by atoms with Gasteiger partial charge in [0.2, 0.25) is 5.91 Å². The van der Waals surface area contributed by atoms with Crippen molar-refractivity contribution in [3.05, 3.63) is 65.7 Å². The highest BCUT2D eigenvalue weighted by Gasteiger charge is 2.50. The van der Waals surface area contributed by atoms with Gasteiger partial charge in [0.05, 0.1) is 7.11 Å². The number of amides is 1. The normalized spacial score (nSPS) is 25.0. The molecule has 1 aliphatic heterocycles. The minimum absolute atomic E-state index is 0.00843. The highest BCUT2D eigenvalue weighted by Crippen LogP contribution is 2.58. The highest BCUT2D eigenvalue weighted by molar-refractivity contribution is 5.95. The Bertz CT molecular complexity index is 1170. The quantitative estimate of drug-likeness (QED) is 0.310. The lowest BCUT2D eigenvalue weighted by atomic mass is 9.51. The molecule has 0 N–H and O–H groups in total. The summed E-state index contributed by atoms with van der Waals surface area (Å²) in [7, 11) is 5.54. The van der Waals surface area contributed by atoms with Crippen molar-refractivity contribution in [2.45, 2.75) is 56.8 Å². The van der Waals surface area contributed by atoms with Crippen molar-refractivity contribution >= 4 is 29.3 Å². The van der Waals surface area contributed by atoms with E-state index in [9.17, 15) is 9.59 Å². The van der Waals surface area contributed by atoms with Crippen molar-refractivity contribution in [1.29, 1.82) is 0 Å². The Morgan fingerprint density at radius 1 is 0.949 bits per heavy atom. The van der Waals surface area contributed by atoms with Crippen molar-refractivity contribution in [3.63, 3.8) is 0 Å². The Morgan fingerprint density at radius 2 is 1.62 bits per heavy atom. The average molecular weight is 531 g/mol. The standard InChI is InChI=1S/C33H42N2O4/c1-34(2)28-10-8-27(9-11-28)33-18-15-32(16-19-33,17-20-33)24-35(31(37)26-13-21-39-22-14-26)29-6-4-5-25(23-29)7-12-30(36)38-3/h4-12,23,26H,13-22,24H2,1-3H3/b12-7+. The van der Waals surface area contributed by atoms with Gasteiger partial charge in [0.1, 0.15) is 0 Å². The fraction of sp³-hybridized carbons (Fsp3) is 0.515. The first kappa shape index (κ1) is 27.4. The molecule has 3 saturated carbocycles. The summed E-state index contributed by atoms with van der Waals surface area (Å²) in [6.45, 7) is 2.04. The molecule has 39 heavy (non-hydrogen) atoms. The minimum atomic E-state index is -0.390. The van der Waals surface area contributed by atoms with E-state index in [1.54, 1.807) is 6.08 Å². The number of carbonyl (C=O) groups is 2. The number of rotatable bonds is 8. The first-order valence-corrected chi connectivity index (χ1v) is 14.4. The molecule has 0 radical (unpaired) electrons. The van der Waals surface area contributed by atoms with Crippen LogP contribution in [-0.4, -0.2) is 52.8 Å². The monoisotopic (exact) mass is 530 g/mol. The summed E-state index contributed by atoms with van der Waals surface area (Å²) < 4.78 is 10.3. The number of ether oxygens (including phenoxy) is 2. The lowest BCUT2D eigenvalue weighted by Gasteiger charge is -2.55. The van der Waals surface area contributed by atoms with Crippen LogP contribution in [-0.2, 0) is 24.5 Å². The molecule has 1 amide bonds. The number of esters is 1. The number of methoxy groups -OCH3 is 1. The van der Waals surface area contributed by atoms with Gasteiger partial charge in [-0.25, -0.2) is 4.79 Å². The summed E-state index contributed by atoms with van der Waals surface area (Å²) in [6, 6.07) is 17.1. The maximum atomic E-state index is 14.0. The number of benzene rings is 2. The van der Waals surface area contributed by atoms with Crippen LogP contribution in [0.15, 0.2) is 54.6 Å². The first-order valence-electron chi connectivity index (χ1n) is 14.4. The molecule has 3 aliphatic carbocycles. The minimum Gasteiger partial charge on any atom is -0.466 e. The van der Waals surface area contributed by atoms with Gasteiger partial charge in [-0.3, -0.25) is 4.79 Å². The molecular weight excluding hydrogens is 488 g/mol. The molecule has 4 fully saturated rings. The van der Waals surface area contributed by atoms with Crippen LogP contribution < -0.4 is 9.80 Å². The molecule has 2 aromatic carbocycles. The van der Waals surface area contributed by atoms with Crippen LogP contribution in [0.25, 0.3) is 6.08 Å². The molecule has 0 atom stereocenters. The highest BCUT2D eigenvalue weighted by atomic mass is 16.5. The molecule has 0 unspecified atom stereocenters. The molecule has 6 rings (SSSR count). The van der Waals surface area contributed by atoms with Crippen molar-refractivity contribution < 1.29 is 19.1 Å². The molecule has 6 nitrogen and oxygen atoms in total. The van der Waals surface area contributed by atoms with Gasteiger partial charge in [0.15, 0.2) is 0 Å². The van der Waals surface area contributed by atoms with Gasteiger partial charge in [0, 0.05) is 57.2 Å². The van der Waals surface area contributed by atoms with E-state index in [1.165, 1.54) is 43.7 Å². The molecule has 0 spiro atoms. The van der Waals surface area contributed by atoms with Crippen LogP contribution in [0.5, 0.6) is 0 Å². The predicted molar refractivity (Wildman–Crippen MR) is 156 cm³/mol. The number of fused-ring (bicyclic) bond motifs is 3. The topological polar surface area (TPSA) is 59.1 Å². The molecule has 6 heteroatoms. The van der Waals surface area contributed by atoms with Crippen molar-refractivity contribution in [3.8, 4) is 0 Å². The largest absolute Gasteiger partial charge is 0.466 e. The summed E-state index contributed by atoms with van der Waals surface area (Å²) >= 11 is 0. The van der Waals surface area contributed by atoms with E-state index in [1.807, 2.05) is 24.3 Å². The zero-order valence-electron chi connectivity index (χ0n) is 23.7. The van der Waals surface area contributed by atoms with E-state index in [-0.39, 0.29) is 22.7 Å². The summed E-state index contributed by atoms with van der Waals surface area (Å²) in [5, 5.41) is 0. The van der Waals surface area contributed by atoms with E-state index in [0.717, 1.165) is 49.9 Å². The Labute approximate surface area is 233 Å². The number of nitrogens with zero attached hydrogens (tertiary/aromatic N) is 2. The van der Waals surface area contributed by atoms with E-state index >= 15 is 0 Å². The van der Waals surface area contributed by atoms with Gasteiger partial charge in [-0.2, -0.15) is 0 Å². The fourth-order valence-electron chi connectivity index (χ4n) is 6.87. The molecule has 2 bridgehead atoms. The molecule has 0 aromatic heterocycles. The SMILES string of the molecule is COC(=O)/C=C/c1cccc(N(CC23CCC(c4ccc(N(C)C)cc4)(CC2)CC3)C(=O)C2CCOCC2)c1. The summed E-state index contributed by atoms with van der Waals surface area (Å²) in [6.07, 6.45) is 11.7. The van der Waals surface area contributed by atoms with E-state index in [2.05, 4.69) is 48.2 Å². The van der Waals surface area contributed by atoms with E-state index in [0.29, 0.717) is 13.2 Å². The van der Waals surface area contributed by atoms with Crippen LogP contribution in [0, 0.1) is 11.3 Å². The molecule has 208 valence electrons. The fourth-order valence-corrected chi connectivity index (χ4v) is 6.87. The van der Waals surface area contributed by atoms with Gasteiger partial charge in [-0.05, 0) is 104 Å². The molecule has 1 saturated heterocycles. The lowest BCUT2D eigenvalue weighted by Crippen LogP contribution is -2.51. The third kappa shape index (κ3) is 5.91. The number of hydrogen-bond acceptors (Lipinski definition) is 5. The van der Waals surface area contributed by atoms with Crippen LogP contribution in [0.4, 0.5) is 11.4 Å². The molecule has 4 aliphatic rings. The second-order valence-corrected chi connectivity index (χ2v) is 12.0. The number of carbonyl (C=O) groups excluding carboxylic acids is 2. The molecular formula is C33H42N2O4. The van der Waals surface area contributed by atoms with Gasteiger partial charge in [-0.1, -0.05) is 24.3 Å². The maximum Gasteiger partial charge on any atom is 0.330 e. The predicted octanol–water partition coefficient (Wildman–Crippen LogP) is 5.99. The van der Waals surface area contributed by atoms with Gasteiger partial charge >= 0.3 is 5.97 Å². The lowest BCUT2D eigenvalue weighted by molar-refractivity contribution is -0.134. The van der Waals surface area contributed by atoms with Gasteiger partial charge in [-0.15, -0.1) is 0 Å². The Morgan fingerprint density at radius 3 is 2.23 bits per heavy atom. The van der Waals surface area contributed by atoms with Crippen LogP contribution in [0.2, 0.25) is 0 Å². The third-order valence-electron chi connectivity index (χ3n) is 9.52. The second kappa shape index (κ2) is 11.5. The van der Waals surface area contributed by atoms with Crippen molar-refractivity contribution in [2.75, 3.05) is 50.8 Å². The average Bonchev–Trinajstić information content (AvgIpc) is 3.00. The molecule has 1 heterocycles. The van der Waals surface area contributed by atoms with Crippen LogP contribution >= 0.6 is 0 Å². The van der Waals surface area contributed by atoms with Gasteiger partial charge < -0.3 is 19.3 Å². The summed E-state index contributed by atoms with van der Waals surface area (Å²) in [4.78, 5) is 29.9. The van der Waals surface area contributed by atoms with E-state index < -0.39 is 5.97 Å². The summed E-state index contributed by atoms with van der Waals surface area (Å²) in [5.41, 5.74) is 4.91.